The van der Waals surface area contributed by atoms with E-state index in [1.165, 1.54) is 42.5 Å². The van der Waals surface area contributed by atoms with Crippen LogP contribution < -0.4 is 10.1 Å². The number of methoxy groups -OCH3 is 1. The van der Waals surface area contributed by atoms with Gasteiger partial charge < -0.3 is 10.1 Å². The van der Waals surface area contributed by atoms with Gasteiger partial charge in [0, 0.05) is 6.04 Å². The van der Waals surface area contributed by atoms with Gasteiger partial charge in [-0.1, -0.05) is 46.2 Å². The largest absolute Gasteiger partial charge is 0.496 e. The monoisotopic (exact) mass is 289 g/mol. The highest BCUT2D eigenvalue weighted by atomic mass is 16.5. The third-order valence-electron chi connectivity index (χ3n) is 4.55. The zero-order valence-electron chi connectivity index (χ0n) is 14.3. The summed E-state index contributed by atoms with van der Waals surface area (Å²) in [5, 5.41) is 3.66. The maximum absolute atomic E-state index is 5.73. The molecule has 21 heavy (non-hydrogen) atoms. The quantitative estimate of drug-likeness (QED) is 0.853. The van der Waals surface area contributed by atoms with Crippen LogP contribution in [0.5, 0.6) is 5.75 Å². The maximum atomic E-state index is 5.73. The first-order valence-corrected chi connectivity index (χ1v) is 8.47. The van der Waals surface area contributed by atoms with E-state index >= 15 is 0 Å². The van der Waals surface area contributed by atoms with E-state index in [1.54, 1.807) is 7.11 Å². The van der Waals surface area contributed by atoms with Crippen LogP contribution in [-0.4, -0.2) is 19.7 Å². The number of hydrogen-bond acceptors (Lipinski definition) is 2. The van der Waals surface area contributed by atoms with Gasteiger partial charge in [0.15, 0.2) is 0 Å². The van der Waals surface area contributed by atoms with Crippen LogP contribution in [0.4, 0.5) is 0 Å². The summed E-state index contributed by atoms with van der Waals surface area (Å²) in [6, 6.07) is 5.38. The van der Waals surface area contributed by atoms with E-state index < -0.39 is 0 Å². The molecule has 1 N–H and O–H groups in total. The number of piperidine rings is 1. The molecular weight excluding hydrogens is 258 g/mol. The van der Waals surface area contributed by atoms with Gasteiger partial charge in [-0.2, -0.15) is 0 Å². The standard InChI is InChI=1S/C19H31NO/c1-13(2)17-11-15(10-16-8-6-7-9-20-16)12-18(14(3)4)19(17)21-5/h11-14,16,20H,6-10H2,1-5H3. The lowest BCUT2D eigenvalue weighted by atomic mass is 9.88. The van der Waals surface area contributed by atoms with Crippen molar-refractivity contribution in [1.82, 2.24) is 5.32 Å². The fourth-order valence-corrected chi connectivity index (χ4v) is 3.33. The van der Waals surface area contributed by atoms with Crippen molar-refractivity contribution in [1.29, 1.82) is 0 Å². The average molecular weight is 289 g/mol. The molecule has 0 spiro atoms. The number of rotatable bonds is 5. The number of hydrogen-bond donors (Lipinski definition) is 1. The van der Waals surface area contributed by atoms with Gasteiger partial charge >= 0.3 is 0 Å². The summed E-state index contributed by atoms with van der Waals surface area (Å²) in [6.45, 7) is 10.2. The molecule has 2 nitrogen and oxygen atoms in total. The third kappa shape index (κ3) is 4.00. The van der Waals surface area contributed by atoms with Gasteiger partial charge in [0.1, 0.15) is 5.75 Å². The van der Waals surface area contributed by atoms with Crippen molar-refractivity contribution in [2.24, 2.45) is 0 Å². The molecule has 0 radical (unpaired) electrons. The van der Waals surface area contributed by atoms with E-state index in [1.807, 2.05) is 0 Å². The van der Waals surface area contributed by atoms with Crippen molar-refractivity contribution in [2.75, 3.05) is 13.7 Å². The van der Waals surface area contributed by atoms with Crippen molar-refractivity contribution in [2.45, 2.75) is 71.3 Å². The summed E-state index contributed by atoms with van der Waals surface area (Å²) in [6.07, 6.45) is 5.14. The highest BCUT2D eigenvalue weighted by molar-refractivity contribution is 5.48. The predicted molar refractivity (Wildman–Crippen MR) is 90.5 cm³/mol. The van der Waals surface area contributed by atoms with Crippen LogP contribution in [0.15, 0.2) is 12.1 Å². The van der Waals surface area contributed by atoms with E-state index in [0.717, 1.165) is 12.2 Å². The second kappa shape index (κ2) is 7.31. The molecule has 1 atom stereocenters. The van der Waals surface area contributed by atoms with Gasteiger partial charge in [-0.05, 0) is 54.3 Å². The molecule has 118 valence electrons. The van der Waals surface area contributed by atoms with E-state index in [4.69, 9.17) is 4.74 Å². The zero-order chi connectivity index (χ0) is 15.4. The Morgan fingerprint density at radius 1 is 1.10 bits per heavy atom. The lowest BCUT2D eigenvalue weighted by Crippen LogP contribution is -2.35. The number of nitrogens with one attached hydrogen (secondary N) is 1. The minimum absolute atomic E-state index is 0.497. The Balaban J connectivity index is 2.32. The zero-order valence-corrected chi connectivity index (χ0v) is 14.3. The van der Waals surface area contributed by atoms with Crippen molar-refractivity contribution < 1.29 is 4.74 Å². The van der Waals surface area contributed by atoms with Crippen molar-refractivity contribution in [3.63, 3.8) is 0 Å². The Hall–Kier alpha value is -1.02. The van der Waals surface area contributed by atoms with Gasteiger partial charge in [-0.3, -0.25) is 0 Å². The number of ether oxygens (including phenoxy) is 1. The molecule has 1 heterocycles. The van der Waals surface area contributed by atoms with Crippen LogP contribution in [0.1, 0.15) is 75.5 Å². The van der Waals surface area contributed by atoms with Crippen molar-refractivity contribution in [3.05, 3.63) is 28.8 Å². The molecule has 1 aliphatic heterocycles. The Labute approximate surface area is 130 Å². The SMILES string of the molecule is COc1c(C(C)C)cc(CC2CCCCN2)cc1C(C)C. The minimum atomic E-state index is 0.497. The van der Waals surface area contributed by atoms with Gasteiger partial charge in [-0.25, -0.2) is 0 Å². The average Bonchev–Trinajstić information content (AvgIpc) is 2.47. The van der Waals surface area contributed by atoms with E-state index in [9.17, 15) is 0 Å². The molecule has 1 unspecified atom stereocenters. The molecule has 1 fully saturated rings. The summed E-state index contributed by atoms with van der Waals surface area (Å²) in [7, 11) is 1.80. The summed E-state index contributed by atoms with van der Waals surface area (Å²) >= 11 is 0. The highest BCUT2D eigenvalue weighted by Crippen LogP contribution is 2.36. The van der Waals surface area contributed by atoms with Gasteiger partial charge in [0.2, 0.25) is 0 Å². The van der Waals surface area contributed by atoms with Crippen molar-refractivity contribution >= 4 is 0 Å². The molecule has 1 saturated heterocycles. The van der Waals surface area contributed by atoms with E-state index in [2.05, 4.69) is 45.1 Å². The molecular formula is C19H31NO. The van der Waals surface area contributed by atoms with Gasteiger partial charge in [-0.15, -0.1) is 0 Å². The van der Waals surface area contributed by atoms with Crippen LogP contribution in [0.3, 0.4) is 0 Å². The Morgan fingerprint density at radius 2 is 1.71 bits per heavy atom. The second-order valence-electron chi connectivity index (χ2n) is 6.97. The van der Waals surface area contributed by atoms with Crippen LogP contribution >= 0.6 is 0 Å². The summed E-state index contributed by atoms with van der Waals surface area (Å²) in [4.78, 5) is 0. The van der Waals surface area contributed by atoms with E-state index in [0.29, 0.717) is 17.9 Å². The van der Waals surface area contributed by atoms with Gasteiger partial charge in [0.05, 0.1) is 7.11 Å². The lowest BCUT2D eigenvalue weighted by Gasteiger charge is -2.25. The molecule has 2 rings (SSSR count). The first-order chi connectivity index (χ1) is 10.0. The molecule has 0 amide bonds. The molecule has 2 heteroatoms. The molecule has 1 aliphatic rings. The van der Waals surface area contributed by atoms with E-state index in [-0.39, 0.29) is 0 Å². The normalized spacial score (nSPS) is 19.3. The topological polar surface area (TPSA) is 21.3 Å². The lowest BCUT2D eigenvalue weighted by molar-refractivity contribution is 0.394. The smallest absolute Gasteiger partial charge is 0.125 e. The van der Waals surface area contributed by atoms with Crippen LogP contribution in [-0.2, 0) is 6.42 Å². The minimum Gasteiger partial charge on any atom is -0.496 e. The predicted octanol–water partition coefficient (Wildman–Crippen LogP) is 4.63. The molecule has 0 bridgehead atoms. The second-order valence-corrected chi connectivity index (χ2v) is 6.97. The fourth-order valence-electron chi connectivity index (χ4n) is 3.33. The third-order valence-corrected chi connectivity index (χ3v) is 4.55. The Morgan fingerprint density at radius 3 is 2.14 bits per heavy atom. The first-order valence-electron chi connectivity index (χ1n) is 8.47. The highest BCUT2D eigenvalue weighted by Gasteiger charge is 2.19. The molecule has 0 aliphatic carbocycles. The molecule has 0 aromatic heterocycles. The van der Waals surface area contributed by atoms with Crippen molar-refractivity contribution in [3.8, 4) is 5.75 Å². The van der Waals surface area contributed by atoms with Crippen LogP contribution in [0, 0.1) is 0 Å². The Kier molecular flexibility index (Phi) is 5.69. The first kappa shape index (κ1) is 16.4. The molecule has 1 aromatic carbocycles. The van der Waals surface area contributed by atoms with Crippen LogP contribution in [0.25, 0.3) is 0 Å². The summed E-state index contributed by atoms with van der Waals surface area (Å²) in [5.41, 5.74) is 4.17. The van der Waals surface area contributed by atoms with Crippen LogP contribution in [0.2, 0.25) is 0 Å². The molecule has 1 aromatic rings. The maximum Gasteiger partial charge on any atom is 0.125 e. The fraction of sp³-hybridized carbons (Fsp3) is 0.684. The summed E-state index contributed by atoms with van der Waals surface area (Å²) < 4.78 is 5.73. The number of benzene rings is 1. The Bertz CT molecular complexity index is 430. The summed E-state index contributed by atoms with van der Waals surface area (Å²) in [5.74, 6) is 2.09. The molecule has 0 saturated carbocycles. The van der Waals surface area contributed by atoms with Gasteiger partial charge in [0.25, 0.3) is 0 Å².